The van der Waals surface area contributed by atoms with Crippen molar-refractivity contribution < 1.29 is 9.18 Å². The van der Waals surface area contributed by atoms with Gasteiger partial charge in [-0.2, -0.15) is 5.10 Å². The normalized spacial score (nSPS) is 10.6. The molecule has 0 unspecified atom stereocenters. The number of hydrogen-bond donors (Lipinski definition) is 0. The molecule has 24 heavy (non-hydrogen) atoms. The van der Waals surface area contributed by atoms with Crippen molar-refractivity contribution in [3.05, 3.63) is 83.4 Å². The molecule has 3 rings (SSSR count). The summed E-state index contributed by atoms with van der Waals surface area (Å²) in [7, 11) is 1.75. The monoisotopic (exact) mass is 323 g/mol. The Kier molecular flexibility index (Phi) is 4.42. The standard InChI is InChI=1S/C19H18FN3O/c1-14-3-5-15(6-4-14)13-22(2)19(24)18-11-12-23(21-18)17-9-7-16(20)8-10-17/h3-12H,13H2,1-2H3. The van der Waals surface area contributed by atoms with Crippen molar-refractivity contribution >= 4 is 5.91 Å². The maximum absolute atomic E-state index is 13.0. The minimum Gasteiger partial charge on any atom is -0.336 e. The molecule has 0 bridgehead atoms. The maximum Gasteiger partial charge on any atom is 0.274 e. The van der Waals surface area contributed by atoms with Crippen LogP contribution < -0.4 is 0 Å². The summed E-state index contributed by atoms with van der Waals surface area (Å²) < 4.78 is 14.5. The Bertz CT molecular complexity index is 838. The zero-order valence-corrected chi connectivity index (χ0v) is 13.6. The highest BCUT2D eigenvalue weighted by Gasteiger charge is 2.15. The second kappa shape index (κ2) is 6.66. The number of carbonyl (C=O) groups is 1. The van der Waals surface area contributed by atoms with Crippen molar-refractivity contribution in [3.8, 4) is 5.69 Å². The van der Waals surface area contributed by atoms with Crippen LogP contribution in [0.5, 0.6) is 0 Å². The molecule has 1 heterocycles. The average molecular weight is 323 g/mol. The van der Waals surface area contributed by atoms with Crippen molar-refractivity contribution in [3.63, 3.8) is 0 Å². The summed E-state index contributed by atoms with van der Waals surface area (Å²) in [6.07, 6.45) is 1.69. The van der Waals surface area contributed by atoms with Gasteiger partial charge in [-0.1, -0.05) is 29.8 Å². The van der Waals surface area contributed by atoms with E-state index in [1.807, 2.05) is 31.2 Å². The molecule has 0 saturated carbocycles. The van der Waals surface area contributed by atoms with Gasteiger partial charge >= 0.3 is 0 Å². The zero-order chi connectivity index (χ0) is 17.1. The molecular weight excluding hydrogens is 305 g/mol. The Labute approximate surface area is 140 Å². The van der Waals surface area contributed by atoms with Gasteiger partial charge in [-0.15, -0.1) is 0 Å². The number of nitrogens with zero attached hydrogens (tertiary/aromatic N) is 3. The van der Waals surface area contributed by atoms with Gasteiger partial charge in [-0.25, -0.2) is 9.07 Å². The number of carbonyl (C=O) groups excluding carboxylic acids is 1. The van der Waals surface area contributed by atoms with Gasteiger partial charge in [0.05, 0.1) is 5.69 Å². The molecule has 0 atom stereocenters. The molecule has 0 spiro atoms. The number of hydrogen-bond acceptors (Lipinski definition) is 2. The Morgan fingerprint density at radius 1 is 1.08 bits per heavy atom. The Hall–Kier alpha value is -2.95. The molecule has 0 aliphatic heterocycles. The predicted molar refractivity (Wildman–Crippen MR) is 90.5 cm³/mol. The van der Waals surface area contributed by atoms with E-state index < -0.39 is 0 Å². The minimum atomic E-state index is -0.306. The zero-order valence-electron chi connectivity index (χ0n) is 13.6. The first-order valence-electron chi connectivity index (χ1n) is 7.65. The van der Waals surface area contributed by atoms with Gasteiger partial charge in [-0.3, -0.25) is 4.79 Å². The van der Waals surface area contributed by atoms with Crippen LogP contribution in [-0.2, 0) is 6.54 Å². The lowest BCUT2D eigenvalue weighted by Gasteiger charge is -2.16. The van der Waals surface area contributed by atoms with E-state index in [1.54, 1.807) is 41.0 Å². The van der Waals surface area contributed by atoms with Crippen LogP contribution in [0.4, 0.5) is 4.39 Å². The number of amides is 1. The first-order chi connectivity index (χ1) is 11.5. The molecule has 0 aliphatic carbocycles. The Balaban J connectivity index is 1.73. The summed E-state index contributed by atoms with van der Waals surface area (Å²) in [5, 5.41) is 4.29. The maximum atomic E-state index is 13.0. The second-order valence-corrected chi connectivity index (χ2v) is 5.77. The molecule has 1 aromatic heterocycles. The van der Waals surface area contributed by atoms with Crippen LogP contribution in [0.15, 0.2) is 60.8 Å². The lowest BCUT2D eigenvalue weighted by molar-refractivity contribution is 0.0779. The van der Waals surface area contributed by atoms with Crippen LogP contribution in [0.3, 0.4) is 0 Å². The molecule has 4 nitrogen and oxygen atoms in total. The van der Waals surface area contributed by atoms with Crippen molar-refractivity contribution in [2.24, 2.45) is 0 Å². The van der Waals surface area contributed by atoms with Crippen LogP contribution in [0.1, 0.15) is 21.6 Å². The third-order valence-corrected chi connectivity index (χ3v) is 3.79. The van der Waals surface area contributed by atoms with Crippen LogP contribution >= 0.6 is 0 Å². The van der Waals surface area contributed by atoms with Crippen molar-refractivity contribution in [2.45, 2.75) is 13.5 Å². The van der Waals surface area contributed by atoms with E-state index in [9.17, 15) is 9.18 Å². The van der Waals surface area contributed by atoms with Gasteiger partial charge in [0.25, 0.3) is 5.91 Å². The number of rotatable bonds is 4. The van der Waals surface area contributed by atoms with E-state index in [-0.39, 0.29) is 11.7 Å². The van der Waals surface area contributed by atoms with Crippen molar-refractivity contribution in [1.82, 2.24) is 14.7 Å². The van der Waals surface area contributed by atoms with Crippen molar-refractivity contribution in [1.29, 1.82) is 0 Å². The van der Waals surface area contributed by atoms with Gasteiger partial charge in [0.15, 0.2) is 5.69 Å². The summed E-state index contributed by atoms with van der Waals surface area (Å²) >= 11 is 0. The number of aromatic nitrogens is 2. The number of aryl methyl sites for hydroxylation is 1. The minimum absolute atomic E-state index is 0.156. The van der Waals surface area contributed by atoms with E-state index in [0.717, 1.165) is 5.56 Å². The summed E-state index contributed by atoms with van der Waals surface area (Å²) in [4.78, 5) is 14.1. The molecular formula is C19H18FN3O. The second-order valence-electron chi connectivity index (χ2n) is 5.77. The fourth-order valence-electron chi connectivity index (χ4n) is 2.41. The predicted octanol–water partition coefficient (Wildman–Crippen LogP) is 3.59. The topological polar surface area (TPSA) is 38.1 Å². The Morgan fingerprint density at radius 3 is 2.42 bits per heavy atom. The van der Waals surface area contributed by atoms with E-state index >= 15 is 0 Å². The molecule has 2 aromatic carbocycles. The summed E-state index contributed by atoms with van der Waals surface area (Å²) in [6.45, 7) is 2.54. The van der Waals surface area contributed by atoms with E-state index in [4.69, 9.17) is 0 Å². The lowest BCUT2D eigenvalue weighted by atomic mass is 10.1. The Morgan fingerprint density at radius 2 is 1.75 bits per heavy atom. The van der Waals surface area contributed by atoms with Crippen LogP contribution in [0.25, 0.3) is 5.69 Å². The number of benzene rings is 2. The van der Waals surface area contributed by atoms with Gasteiger partial charge < -0.3 is 4.90 Å². The fourth-order valence-corrected chi connectivity index (χ4v) is 2.41. The van der Waals surface area contributed by atoms with Gasteiger partial charge in [0, 0.05) is 19.8 Å². The molecule has 0 N–H and O–H groups in total. The highest BCUT2D eigenvalue weighted by molar-refractivity contribution is 5.92. The summed E-state index contributed by atoms with van der Waals surface area (Å²) in [6, 6.07) is 15.7. The molecule has 0 saturated heterocycles. The van der Waals surface area contributed by atoms with Gasteiger partial charge in [0.1, 0.15) is 5.82 Å². The first-order valence-corrected chi connectivity index (χ1v) is 7.65. The molecule has 0 fully saturated rings. The summed E-state index contributed by atoms with van der Waals surface area (Å²) in [5.74, 6) is -0.462. The van der Waals surface area contributed by atoms with Gasteiger partial charge in [-0.05, 0) is 42.8 Å². The highest BCUT2D eigenvalue weighted by Crippen LogP contribution is 2.12. The molecule has 122 valence electrons. The van der Waals surface area contributed by atoms with Crippen molar-refractivity contribution in [2.75, 3.05) is 7.05 Å². The smallest absolute Gasteiger partial charge is 0.274 e. The van der Waals surface area contributed by atoms with Crippen LogP contribution in [0, 0.1) is 12.7 Å². The number of halogens is 1. The average Bonchev–Trinajstić information content (AvgIpc) is 3.07. The van der Waals surface area contributed by atoms with Crippen LogP contribution in [-0.4, -0.2) is 27.6 Å². The first kappa shape index (κ1) is 15.9. The highest BCUT2D eigenvalue weighted by atomic mass is 19.1. The molecule has 0 radical (unpaired) electrons. The largest absolute Gasteiger partial charge is 0.336 e. The van der Waals surface area contributed by atoms with Crippen LogP contribution in [0.2, 0.25) is 0 Å². The third kappa shape index (κ3) is 3.51. The van der Waals surface area contributed by atoms with E-state index in [2.05, 4.69) is 5.10 Å². The lowest BCUT2D eigenvalue weighted by Crippen LogP contribution is -2.26. The molecule has 5 heteroatoms. The summed E-state index contributed by atoms with van der Waals surface area (Å²) in [5.41, 5.74) is 3.31. The van der Waals surface area contributed by atoms with E-state index in [1.165, 1.54) is 17.7 Å². The third-order valence-electron chi connectivity index (χ3n) is 3.79. The SMILES string of the molecule is Cc1ccc(CN(C)C(=O)c2ccn(-c3ccc(F)cc3)n2)cc1. The quantitative estimate of drug-likeness (QED) is 0.736. The molecule has 0 aliphatic rings. The fraction of sp³-hybridized carbons (Fsp3) is 0.158. The molecule has 3 aromatic rings. The van der Waals surface area contributed by atoms with E-state index in [0.29, 0.717) is 17.9 Å². The van der Waals surface area contributed by atoms with Gasteiger partial charge in [0.2, 0.25) is 0 Å². The molecule has 1 amide bonds.